The molecule has 0 aliphatic heterocycles. The maximum Gasteiger partial charge on any atom is 0.329 e. The summed E-state index contributed by atoms with van der Waals surface area (Å²) in [6.45, 7) is 3.16. The molecule has 0 atom stereocenters. The van der Waals surface area contributed by atoms with E-state index >= 15 is 0 Å². The second-order valence-electron chi connectivity index (χ2n) is 7.00. The number of amides is 1. The van der Waals surface area contributed by atoms with Gasteiger partial charge < -0.3 is 11.1 Å². The number of imidazole rings is 1. The number of para-hydroxylation sites is 2. The predicted molar refractivity (Wildman–Crippen MR) is 107 cm³/mol. The smallest absolute Gasteiger partial charge is 0.329 e. The van der Waals surface area contributed by atoms with Crippen molar-refractivity contribution in [3.05, 3.63) is 34.7 Å². The zero-order valence-electron chi connectivity index (χ0n) is 15.3. The van der Waals surface area contributed by atoms with E-state index in [4.69, 9.17) is 5.73 Å². The minimum atomic E-state index is -0.0283. The highest BCUT2D eigenvalue weighted by Crippen LogP contribution is 2.17. The van der Waals surface area contributed by atoms with Gasteiger partial charge >= 0.3 is 5.69 Å². The van der Waals surface area contributed by atoms with Gasteiger partial charge in [-0.3, -0.25) is 13.9 Å². The van der Waals surface area contributed by atoms with Crippen LogP contribution in [0.3, 0.4) is 0 Å². The number of aromatic nitrogens is 2. The van der Waals surface area contributed by atoms with Crippen molar-refractivity contribution >= 4 is 29.3 Å². The van der Waals surface area contributed by atoms with Crippen LogP contribution in [0.4, 0.5) is 0 Å². The lowest BCUT2D eigenvalue weighted by molar-refractivity contribution is -0.122. The molecule has 1 aromatic heterocycles. The second-order valence-corrected chi connectivity index (χ2v) is 7.00. The van der Waals surface area contributed by atoms with Crippen molar-refractivity contribution in [2.75, 3.05) is 0 Å². The molecule has 1 aromatic carbocycles. The van der Waals surface area contributed by atoms with Gasteiger partial charge in [0.1, 0.15) is 0 Å². The summed E-state index contributed by atoms with van der Waals surface area (Å²) >= 11 is 0. The fourth-order valence-electron chi connectivity index (χ4n) is 3.70. The number of hydrogen-bond donors (Lipinski definition) is 2. The number of nitrogens with one attached hydrogen (secondary N) is 1. The van der Waals surface area contributed by atoms with E-state index < -0.39 is 0 Å². The molecule has 1 aliphatic carbocycles. The van der Waals surface area contributed by atoms with E-state index in [2.05, 4.69) is 12.2 Å². The first-order valence-corrected chi connectivity index (χ1v) is 9.33. The van der Waals surface area contributed by atoms with Crippen LogP contribution in [0.1, 0.15) is 45.4 Å². The maximum absolute atomic E-state index is 12.7. The number of nitrogens with zero attached hydrogens (tertiary/aromatic N) is 2. The summed E-state index contributed by atoms with van der Waals surface area (Å²) in [5, 5.41) is 3.09. The van der Waals surface area contributed by atoms with Crippen LogP contribution < -0.4 is 16.7 Å². The van der Waals surface area contributed by atoms with E-state index in [1.54, 1.807) is 9.13 Å². The summed E-state index contributed by atoms with van der Waals surface area (Å²) in [6, 6.07) is 8.29. The molecule has 26 heavy (non-hydrogen) atoms. The molecule has 1 heterocycles. The van der Waals surface area contributed by atoms with Gasteiger partial charge in [-0.25, -0.2) is 4.79 Å². The van der Waals surface area contributed by atoms with Crippen LogP contribution in [0.15, 0.2) is 29.1 Å². The first-order valence-electron chi connectivity index (χ1n) is 9.33. The Morgan fingerprint density at radius 3 is 2.27 bits per heavy atom. The highest BCUT2D eigenvalue weighted by Gasteiger charge is 2.20. The van der Waals surface area contributed by atoms with Gasteiger partial charge in [-0.15, -0.1) is 12.4 Å². The minimum Gasteiger partial charge on any atom is -0.353 e. The molecule has 3 N–H and O–H groups in total. The SMILES string of the molecule is CCCn1c(=O)n(CCC(=O)NC2CCC(N)CC2)c2ccccc21.Cl. The standard InChI is InChI=1S/C19H28N4O2.ClH/c1-2-12-22-16-5-3-4-6-17(16)23(19(22)25)13-11-18(24)21-15-9-7-14(20)8-10-15;/h3-6,14-15H,2,7-13,20H2,1H3,(H,21,24);1H. The Bertz CT molecular complexity index is 790. The minimum absolute atomic E-state index is 0. The molecule has 1 amide bonds. The van der Waals surface area contributed by atoms with Gasteiger partial charge in [0.25, 0.3) is 0 Å². The third-order valence-electron chi connectivity index (χ3n) is 5.07. The zero-order chi connectivity index (χ0) is 17.8. The normalized spacial score (nSPS) is 19.9. The first-order chi connectivity index (χ1) is 12.1. The topological polar surface area (TPSA) is 82.0 Å². The number of nitrogens with two attached hydrogens (primary N) is 1. The van der Waals surface area contributed by atoms with Gasteiger partial charge in [0, 0.05) is 31.6 Å². The monoisotopic (exact) mass is 380 g/mol. The lowest BCUT2D eigenvalue weighted by atomic mass is 9.92. The molecule has 0 spiro atoms. The number of halogens is 1. The third kappa shape index (κ3) is 4.48. The van der Waals surface area contributed by atoms with Crippen LogP contribution >= 0.6 is 12.4 Å². The summed E-state index contributed by atoms with van der Waals surface area (Å²) in [4.78, 5) is 25.0. The van der Waals surface area contributed by atoms with Gasteiger partial charge in [0.2, 0.25) is 5.91 Å². The number of fused-ring (bicyclic) bond motifs is 1. The molecule has 0 saturated heterocycles. The van der Waals surface area contributed by atoms with Crippen LogP contribution in [-0.4, -0.2) is 27.1 Å². The molecular formula is C19H29ClN4O2. The Balaban J connectivity index is 0.00000243. The molecule has 0 bridgehead atoms. The molecular weight excluding hydrogens is 352 g/mol. The van der Waals surface area contributed by atoms with E-state index in [0.717, 1.165) is 43.1 Å². The quantitative estimate of drug-likeness (QED) is 0.807. The molecule has 144 valence electrons. The van der Waals surface area contributed by atoms with Crippen molar-refractivity contribution in [1.82, 2.24) is 14.5 Å². The third-order valence-corrected chi connectivity index (χ3v) is 5.07. The van der Waals surface area contributed by atoms with Gasteiger partial charge in [-0.05, 0) is 44.2 Å². The van der Waals surface area contributed by atoms with Gasteiger partial charge in [-0.1, -0.05) is 19.1 Å². The zero-order valence-corrected chi connectivity index (χ0v) is 16.1. The first kappa shape index (κ1) is 20.5. The van der Waals surface area contributed by atoms with E-state index in [1.807, 2.05) is 24.3 Å². The summed E-state index contributed by atoms with van der Waals surface area (Å²) < 4.78 is 3.52. The van der Waals surface area contributed by atoms with E-state index in [0.29, 0.717) is 19.5 Å². The number of hydrogen-bond acceptors (Lipinski definition) is 3. The molecule has 0 radical (unpaired) electrons. The van der Waals surface area contributed by atoms with Crippen molar-refractivity contribution in [1.29, 1.82) is 0 Å². The van der Waals surface area contributed by atoms with Crippen molar-refractivity contribution in [3.8, 4) is 0 Å². The van der Waals surface area contributed by atoms with Crippen LogP contribution in [0, 0.1) is 0 Å². The number of carbonyl (C=O) groups is 1. The summed E-state index contributed by atoms with van der Waals surface area (Å²) in [6.07, 6.45) is 5.05. The number of benzene rings is 1. The molecule has 1 aliphatic rings. The fourth-order valence-corrected chi connectivity index (χ4v) is 3.70. The Morgan fingerprint density at radius 2 is 1.69 bits per heavy atom. The fraction of sp³-hybridized carbons (Fsp3) is 0.579. The Labute approximate surface area is 160 Å². The van der Waals surface area contributed by atoms with Crippen LogP contribution in [0.2, 0.25) is 0 Å². The largest absolute Gasteiger partial charge is 0.353 e. The highest BCUT2D eigenvalue weighted by molar-refractivity contribution is 5.85. The lowest BCUT2D eigenvalue weighted by Crippen LogP contribution is -2.40. The Morgan fingerprint density at radius 1 is 1.12 bits per heavy atom. The van der Waals surface area contributed by atoms with Gasteiger partial charge in [0.15, 0.2) is 0 Å². The average Bonchev–Trinajstić information content (AvgIpc) is 2.88. The molecule has 0 unspecified atom stereocenters. The van der Waals surface area contributed by atoms with E-state index in [-0.39, 0.29) is 36.1 Å². The van der Waals surface area contributed by atoms with Crippen LogP contribution in [0.5, 0.6) is 0 Å². The van der Waals surface area contributed by atoms with Gasteiger partial charge in [0.05, 0.1) is 11.0 Å². The van der Waals surface area contributed by atoms with Gasteiger partial charge in [-0.2, -0.15) is 0 Å². The highest BCUT2D eigenvalue weighted by atomic mass is 35.5. The molecule has 3 rings (SSSR count). The molecule has 1 fully saturated rings. The van der Waals surface area contributed by atoms with Crippen molar-refractivity contribution in [3.63, 3.8) is 0 Å². The van der Waals surface area contributed by atoms with Crippen molar-refractivity contribution in [2.45, 2.75) is 70.6 Å². The van der Waals surface area contributed by atoms with Crippen molar-refractivity contribution < 1.29 is 4.79 Å². The molecule has 1 saturated carbocycles. The predicted octanol–water partition coefficient (Wildman–Crippen LogP) is 2.41. The summed E-state index contributed by atoms with van der Waals surface area (Å²) in [7, 11) is 0. The average molecular weight is 381 g/mol. The lowest BCUT2D eigenvalue weighted by Gasteiger charge is -2.26. The molecule has 2 aromatic rings. The summed E-state index contributed by atoms with van der Waals surface area (Å²) in [5.41, 5.74) is 7.72. The Kier molecular flexibility index (Phi) is 7.29. The summed E-state index contributed by atoms with van der Waals surface area (Å²) in [5.74, 6) is 0.0136. The number of rotatable bonds is 6. The van der Waals surface area contributed by atoms with Crippen molar-refractivity contribution in [2.24, 2.45) is 5.73 Å². The second kappa shape index (κ2) is 9.24. The number of aryl methyl sites for hydroxylation is 2. The Hall–Kier alpha value is -1.79. The maximum atomic E-state index is 12.7. The van der Waals surface area contributed by atoms with E-state index in [9.17, 15) is 9.59 Å². The van der Waals surface area contributed by atoms with Crippen LogP contribution in [-0.2, 0) is 17.9 Å². The molecule has 7 heteroatoms. The molecule has 6 nitrogen and oxygen atoms in total. The number of carbonyl (C=O) groups excluding carboxylic acids is 1. The van der Waals surface area contributed by atoms with E-state index in [1.165, 1.54) is 0 Å². The van der Waals surface area contributed by atoms with Crippen LogP contribution in [0.25, 0.3) is 11.0 Å².